The second-order valence-corrected chi connectivity index (χ2v) is 4.89. The monoisotopic (exact) mass is 275 g/mol. The predicted molar refractivity (Wildman–Crippen MR) is 76.4 cm³/mol. The maximum absolute atomic E-state index is 5.78. The quantitative estimate of drug-likeness (QED) is 0.842. The molecule has 5 heteroatoms. The van der Waals surface area contributed by atoms with Crippen LogP contribution in [0.5, 0.6) is 5.75 Å². The molecule has 1 N–H and O–H groups in total. The Morgan fingerprint density at radius 1 is 1.30 bits per heavy atom. The third-order valence-corrected chi connectivity index (χ3v) is 2.85. The lowest BCUT2D eigenvalue weighted by Gasteiger charge is -2.12. The summed E-state index contributed by atoms with van der Waals surface area (Å²) in [5.41, 5.74) is 1.12. The predicted octanol–water partition coefficient (Wildman–Crippen LogP) is 2.71. The van der Waals surface area contributed by atoms with Crippen molar-refractivity contribution < 1.29 is 9.26 Å². The molecule has 0 aliphatic carbocycles. The van der Waals surface area contributed by atoms with E-state index in [9.17, 15) is 0 Å². The molecule has 0 unspecified atom stereocenters. The van der Waals surface area contributed by atoms with Crippen molar-refractivity contribution >= 4 is 0 Å². The van der Waals surface area contributed by atoms with Crippen LogP contribution in [0, 0.1) is 0 Å². The largest absolute Gasteiger partial charge is 0.483 e. The van der Waals surface area contributed by atoms with E-state index in [0.717, 1.165) is 24.3 Å². The maximum atomic E-state index is 5.78. The molecule has 0 bridgehead atoms. The average molecular weight is 275 g/mol. The lowest BCUT2D eigenvalue weighted by atomic mass is 10.2. The van der Waals surface area contributed by atoms with Crippen LogP contribution in [0.25, 0.3) is 0 Å². The summed E-state index contributed by atoms with van der Waals surface area (Å²) in [6.07, 6.45) is 0.762. The third kappa shape index (κ3) is 4.06. The van der Waals surface area contributed by atoms with Crippen molar-refractivity contribution in [2.45, 2.75) is 46.4 Å². The highest BCUT2D eigenvalue weighted by molar-refractivity contribution is 5.33. The zero-order valence-corrected chi connectivity index (χ0v) is 12.2. The summed E-state index contributed by atoms with van der Waals surface area (Å²) >= 11 is 0. The van der Waals surface area contributed by atoms with E-state index < -0.39 is 0 Å². The molecule has 0 radical (unpaired) electrons. The van der Waals surface area contributed by atoms with Gasteiger partial charge in [0.2, 0.25) is 0 Å². The number of nitrogens with one attached hydrogen (secondary N) is 1. The Kier molecular flexibility index (Phi) is 5.12. The summed E-state index contributed by atoms with van der Waals surface area (Å²) in [5, 5.41) is 7.23. The van der Waals surface area contributed by atoms with Gasteiger partial charge in [-0.1, -0.05) is 44.1 Å². The Morgan fingerprint density at radius 2 is 2.10 bits per heavy atom. The molecule has 5 nitrogen and oxygen atoms in total. The number of nitrogens with zero attached hydrogens (tertiary/aromatic N) is 2. The molecule has 1 aromatic carbocycles. The molecular weight excluding hydrogens is 254 g/mol. The van der Waals surface area contributed by atoms with Gasteiger partial charge in [0.25, 0.3) is 5.89 Å². The highest BCUT2D eigenvalue weighted by Crippen LogP contribution is 2.19. The topological polar surface area (TPSA) is 60.2 Å². The highest BCUT2D eigenvalue weighted by Gasteiger charge is 2.08. The fourth-order valence-corrected chi connectivity index (χ4v) is 1.74. The molecule has 20 heavy (non-hydrogen) atoms. The minimum atomic E-state index is 0.297. The Hall–Kier alpha value is -1.88. The minimum absolute atomic E-state index is 0.297. The first-order valence-corrected chi connectivity index (χ1v) is 6.94. The lowest BCUT2D eigenvalue weighted by Crippen LogP contribution is -2.22. The van der Waals surface area contributed by atoms with Gasteiger partial charge >= 0.3 is 0 Å². The molecule has 0 aliphatic heterocycles. The van der Waals surface area contributed by atoms with Crippen molar-refractivity contribution in [2.24, 2.45) is 0 Å². The summed E-state index contributed by atoms with van der Waals surface area (Å²) in [6.45, 7) is 7.30. The second-order valence-electron chi connectivity index (χ2n) is 4.89. The molecular formula is C15H21N3O2. The standard InChI is InChI=1S/C15H21N3O2/c1-4-14-17-15(20-18-14)10-19-13-8-6-5-7-12(13)9-16-11(2)3/h5-8,11,16H,4,9-10H2,1-3H3. The van der Waals surface area contributed by atoms with Crippen LogP contribution in [-0.4, -0.2) is 16.2 Å². The van der Waals surface area contributed by atoms with Crippen LogP contribution in [0.2, 0.25) is 0 Å². The number of aryl methyl sites for hydroxylation is 1. The van der Waals surface area contributed by atoms with Crippen LogP contribution in [-0.2, 0) is 19.6 Å². The zero-order valence-electron chi connectivity index (χ0n) is 12.2. The van der Waals surface area contributed by atoms with Crippen LogP contribution in [0.3, 0.4) is 0 Å². The van der Waals surface area contributed by atoms with Crippen molar-refractivity contribution in [1.29, 1.82) is 0 Å². The Balaban J connectivity index is 1.97. The Morgan fingerprint density at radius 3 is 2.80 bits per heavy atom. The molecule has 0 atom stereocenters. The van der Waals surface area contributed by atoms with Crippen LogP contribution >= 0.6 is 0 Å². The summed E-state index contributed by atoms with van der Waals surface area (Å²) in [4.78, 5) is 4.23. The summed E-state index contributed by atoms with van der Waals surface area (Å²) < 4.78 is 10.9. The molecule has 2 aromatic rings. The van der Waals surface area contributed by atoms with E-state index in [1.54, 1.807) is 0 Å². The van der Waals surface area contributed by atoms with E-state index >= 15 is 0 Å². The SMILES string of the molecule is CCc1noc(COc2ccccc2CNC(C)C)n1. The Bertz CT molecular complexity index is 537. The summed E-state index contributed by atoms with van der Waals surface area (Å²) in [7, 11) is 0. The van der Waals surface area contributed by atoms with E-state index in [1.165, 1.54) is 0 Å². The van der Waals surface area contributed by atoms with Gasteiger partial charge in [-0.25, -0.2) is 0 Å². The highest BCUT2D eigenvalue weighted by atomic mass is 16.5. The Labute approximate surface area is 119 Å². The molecule has 0 saturated heterocycles. The van der Waals surface area contributed by atoms with Gasteiger partial charge < -0.3 is 14.6 Å². The van der Waals surface area contributed by atoms with Gasteiger partial charge in [-0.3, -0.25) is 0 Å². The molecule has 1 heterocycles. The number of benzene rings is 1. The maximum Gasteiger partial charge on any atom is 0.264 e. The van der Waals surface area contributed by atoms with E-state index in [2.05, 4.69) is 35.4 Å². The van der Waals surface area contributed by atoms with E-state index in [0.29, 0.717) is 24.4 Å². The number of para-hydroxylation sites is 1. The van der Waals surface area contributed by atoms with Gasteiger partial charge in [-0.05, 0) is 6.07 Å². The molecule has 0 spiro atoms. The first kappa shape index (κ1) is 14.5. The van der Waals surface area contributed by atoms with Crippen LogP contribution < -0.4 is 10.1 Å². The normalized spacial score (nSPS) is 11.0. The van der Waals surface area contributed by atoms with Crippen molar-refractivity contribution in [3.63, 3.8) is 0 Å². The van der Waals surface area contributed by atoms with Gasteiger partial charge in [0, 0.05) is 24.6 Å². The molecule has 0 amide bonds. The second kappa shape index (κ2) is 7.05. The molecule has 108 valence electrons. The molecule has 1 aromatic heterocycles. The van der Waals surface area contributed by atoms with Gasteiger partial charge in [-0.2, -0.15) is 4.98 Å². The first-order valence-electron chi connectivity index (χ1n) is 6.94. The number of hydrogen-bond donors (Lipinski definition) is 1. The van der Waals surface area contributed by atoms with Gasteiger partial charge in [-0.15, -0.1) is 0 Å². The van der Waals surface area contributed by atoms with E-state index in [-0.39, 0.29) is 0 Å². The molecule has 0 fully saturated rings. The van der Waals surface area contributed by atoms with E-state index in [1.807, 2.05) is 25.1 Å². The zero-order chi connectivity index (χ0) is 14.4. The van der Waals surface area contributed by atoms with Gasteiger partial charge in [0.05, 0.1) is 0 Å². The van der Waals surface area contributed by atoms with Crippen molar-refractivity contribution in [3.05, 3.63) is 41.5 Å². The smallest absolute Gasteiger partial charge is 0.264 e. The van der Waals surface area contributed by atoms with Crippen molar-refractivity contribution in [2.75, 3.05) is 0 Å². The fraction of sp³-hybridized carbons (Fsp3) is 0.467. The first-order chi connectivity index (χ1) is 9.69. The average Bonchev–Trinajstić information content (AvgIpc) is 2.91. The van der Waals surface area contributed by atoms with E-state index in [4.69, 9.17) is 9.26 Å². The van der Waals surface area contributed by atoms with Gasteiger partial charge in [0.1, 0.15) is 5.75 Å². The third-order valence-electron chi connectivity index (χ3n) is 2.85. The molecule has 0 aliphatic rings. The van der Waals surface area contributed by atoms with Crippen LogP contribution in [0.4, 0.5) is 0 Å². The molecule has 2 rings (SSSR count). The summed E-state index contributed by atoms with van der Waals surface area (Å²) in [5.74, 6) is 2.06. The fourth-order valence-electron chi connectivity index (χ4n) is 1.74. The van der Waals surface area contributed by atoms with Crippen molar-refractivity contribution in [1.82, 2.24) is 15.5 Å². The van der Waals surface area contributed by atoms with Gasteiger partial charge in [0.15, 0.2) is 12.4 Å². The van der Waals surface area contributed by atoms with Crippen LogP contribution in [0.15, 0.2) is 28.8 Å². The number of aromatic nitrogens is 2. The number of ether oxygens (including phenoxy) is 1. The lowest BCUT2D eigenvalue weighted by molar-refractivity contribution is 0.240. The number of rotatable bonds is 7. The number of hydrogen-bond acceptors (Lipinski definition) is 5. The summed E-state index contributed by atoms with van der Waals surface area (Å²) in [6, 6.07) is 8.40. The van der Waals surface area contributed by atoms with Crippen molar-refractivity contribution in [3.8, 4) is 5.75 Å². The van der Waals surface area contributed by atoms with Crippen LogP contribution in [0.1, 0.15) is 38.0 Å². The molecule has 0 saturated carbocycles. The minimum Gasteiger partial charge on any atom is -0.483 e.